The number of rotatable bonds is 6. The summed E-state index contributed by atoms with van der Waals surface area (Å²) in [5.74, 6) is 0.680. The van der Waals surface area contributed by atoms with Crippen molar-refractivity contribution >= 4 is 40.8 Å². The van der Waals surface area contributed by atoms with Crippen molar-refractivity contribution < 1.29 is 19.0 Å². The zero-order chi connectivity index (χ0) is 22.4. The molecule has 156 valence electrons. The third-order valence-corrected chi connectivity index (χ3v) is 5.12. The van der Waals surface area contributed by atoms with Gasteiger partial charge in [-0.3, -0.25) is 0 Å². The third kappa shape index (κ3) is 5.37. The molecule has 0 aliphatic rings. The lowest BCUT2D eigenvalue weighted by Crippen LogP contribution is -2.09. The van der Waals surface area contributed by atoms with Gasteiger partial charge in [0.2, 0.25) is 0 Å². The van der Waals surface area contributed by atoms with Crippen LogP contribution in [0.5, 0.6) is 17.2 Å². The first-order valence-electron chi connectivity index (χ1n) is 9.06. The van der Waals surface area contributed by atoms with Crippen molar-refractivity contribution in [3.63, 3.8) is 0 Å². The Morgan fingerprint density at radius 1 is 0.871 bits per heavy atom. The van der Waals surface area contributed by atoms with Crippen molar-refractivity contribution in [2.75, 3.05) is 14.2 Å². The van der Waals surface area contributed by atoms with Crippen molar-refractivity contribution in [2.24, 2.45) is 0 Å². The second kappa shape index (κ2) is 10.0. The number of carbonyl (C=O) groups excluding carboxylic acids is 1. The van der Waals surface area contributed by atoms with E-state index in [1.165, 1.54) is 25.3 Å². The highest BCUT2D eigenvalue weighted by atomic mass is 35.5. The van der Waals surface area contributed by atoms with Gasteiger partial charge >= 0.3 is 5.97 Å². The van der Waals surface area contributed by atoms with Crippen molar-refractivity contribution in [3.05, 3.63) is 87.4 Å². The van der Waals surface area contributed by atoms with E-state index in [9.17, 15) is 10.1 Å². The van der Waals surface area contributed by atoms with E-state index in [2.05, 4.69) is 6.07 Å². The number of methoxy groups -OCH3 is 2. The number of allylic oxidation sites excluding steroid dienone is 1. The van der Waals surface area contributed by atoms with Crippen LogP contribution in [0.15, 0.2) is 60.7 Å². The maximum Gasteiger partial charge on any atom is 0.343 e. The molecule has 0 aromatic heterocycles. The number of nitriles is 1. The summed E-state index contributed by atoms with van der Waals surface area (Å²) in [6.45, 7) is 0. The van der Waals surface area contributed by atoms with Crippen LogP contribution in [0.4, 0.5) is 0 Å². The first-order chi connectivity index (χ1) is 14.9. The predicted octanol–water partition coefficient (Wildman–Crippen LogP) is 6.29. The molecule has 0 saturated carbocycles. The minimum atomic E-state index is -0.601. The molecule has 0 unspecified atom stereocenters. The summed E-state index contributed by atoms with van der Waals surface area (Å²) >= 11 is 11.9. The average Bonchev–Trinajstić information content (AvgIpc) is 2.80. The first kappa shape index (κ1) is 22.2. The molecule has 0 N–H and O–H groups in total. The van der Waals surface area contributed by atoms with Gasteiger partial charge in [0, 0.05) is 0 Å². The van der Waals surface area contributed by atoms with Crippen LogP contribution in [0, 0.1) is 11.3 Å². The molecule has 0 radical (unpaired) electrons. The molecule has 0 aliphatic heterocycles. The molecular weight excluding hydrogens is 437 g/mol. The van der Waals surface area contributed by atoms with Crippen LogP contribution in [0.3, 0.4) is 0 Å². The Bertz CT molecular complexity index is 1180. The van der Waals surface area contributed by atoms with Gasteiger partial charge in [-0.15, -0.1) is 0 Å². The SMILES string of the molecule is COc1ccc(/C(C#N)=C\c2ccc(OC(=O)c3ccc(Cl)c(Cl)c3)c(OC)c2)cc1. The van der Waals surface area contributed by atoms with E-state index < -0.39 is 5.97 Å². The molecule has 0 aliphatic carbocycles. The largest absolute Gasteiger partial charge is 0.497 e. The molecule has 3 rings (SSSR count). The minimum absolute atomic E-state index is 0.235. The Kier molecular flexibility index (Phi) is 7.19. The standard InChI is InChI=1S/C24H17Cl2NO4/c1-29-19-7-4-16(5-8-19)18(14-27)11-15-3-10-22(23(12-15)30-2)31-24(28)17-6-9-20(25)21(26)13-17/h3-13H,1-2H3/b18-11-. The lowest BCUT2D eigenvalue weighted by molar-refractivity contribution is 0.0729. The lowest BCUT2D eigenvalue weighted by atomic mass is 10.0. The Morgan fingerprint density at radius 2 is 1.58 bits per heavy atom. The highest BCUT2D eigenvalue weighted by Crippen LogP contribution is 2.31. The van der Waals surface area contributed by atoms with E-state index in [1.807, 2.05) is 0 Å². The van der Waals surface area contributed by atoms with Crippen molar-refractivity contribution in [1.29, 1.82) is 5.26 Å². The Hall–Kier alpha value is -3.46. The molecule has 31 heavy (non-hydrogen) atoms. The molecule has 0 atom stereocenters. The quantitative estimate of drug-likeness (QED) is 0.189. The van der Waals surface area contributed by atoms with E-state index in [0.29, 0.717) is 27.7 Å². The summed E-state index contributed by atoms with van der Waals surface area (Å²) in [6, 6.07) is 18.8. The highest BCUT2D eigenvalue weighted by molar-refractivity contribution is 6.42. The van der Waals surface area contributed by atoms with Gasteiger partial charge in [0.1, 0.15) is 5.75 Å². The molecule has 0 spiro atoms. The van der Waals surface area contributed by atoms with Crippen LogP contribution in [0.1, 0.15) is 21.5 Å². The average molecular weight is 454 g/mol. The molecule has 3 aromatic rings. The smallest absolute Gasteiger partial charge is 0.343 e. The Morgan fingerprint density at radius 3 is 2.19 bits per heavy atom. The van der Waals surface area contributed by atoms with E-state index in [4.69, 9.17) is 37.4 Å². The van der Waals surface area contributed by atoms with E-state index in [-0.39, 0.29) is 16.3 Å². The van der Waals surface area contributed by atoms with Gasteiger partial charge < -0.3 is 14.2 Å². The van der Waals surface area contributed by atoms with Gasteiger partial charge in [-0.05, 0) is 71.8 Å². The molecule has 0 heterocycles. The van der Waals surface area contributed by atoms with Crippen LogP contribution >= 0.6 is 23.2 Å². The van der Waals surface area contributed by atoms with Crippen LogP contribution in [0.25, 0.3) is 11.6 Å². The monoisotopic (exact) mass is 453 g/mol. The second-order valence-electron chi connectivity index (χ2n) is 6.33. The summed E-state index contributed by atoms with van der Waals surface area (Å²) in [5, 5.41) is 10.2. The molecule has 0 bridgehead atoms. The summed E-state index contributed by atoms with van der Waals surface area (Å²) in [7, 11) is 3.05. The van der Waals surface area contributed by atoms with Gasteiger partial charge in [-0.1, -0.05) is 29.3 Å². The minimum Gasteiger partial charge on any atom is -0.497 e. The number of halogens is 2. The topological polar surface area (TPSA) is 68.5 Å². The lowest BCUT2D eigenvalue weighted by Gasteiger charge is -2.11. The van der Waals surface area contributed by atoms with Crippen LogP contribution < -0.4 is 14.2 Å². The zero-order valence-corrected chi connectivity index (χ0v) is 18.2. The number of esters is 1. The van der Waals surface area contributed by atoms with Gasteiger partial charge in [0.25, 0.3) is 0 Å². The van der Waals surface area contributed by atoms with Gasteiger partial charge in [0.05, 0.1) is 41.5 Å². The maximum atomic E-state index is 12.4. The summed E-state index contributed by atoms with van der Waals surface area (Å²) in [4.78, 5) is 12.4. The van der Waals surface area contributed by atoms with Gasteiger partial charge in [0.15, 0.2) is 11.5 Å². The number of carbonyl (C=O) groups is 1. The Labute approximate surface area is 190 Å². The zero-order valence-electron chi connectivity index (χ0n) is 16.7. The van der Waals surface area contributed by atoms with Crippen molar-refractivity contribution in [1.82, 2.24) is 0 Å². The second-order valence-corrected chi connectivity index (χ2v) is 7.14. The number of benzene rings is 3. The number of nitrogens with zero attached hydrogens (tertiary/aromatic N) is 1. The maximum absolute atomic E-state index is 12.4. The third-order valence-electron chi connectivity index (χ3n) is 4.38. The molecule has 0 amide bonds. The van der Waals surface area contributed by atoms with E-state index in [1.54, 1.807) is 55.7 Å². The first-order valence-corrected chi connectivity index (χ1v) is 9.82. The van der Waals surface area contributed by atoms with Crippen molar-refractivity contribution in [2.45, 2.75) is 0 Å². The number of ether oxygens (including phenoxy) is 3. The summed E-state index contributed by atoms with van der Waals surface area (Å²) < 4.78 is 16.0. The number of hydrogen-bond acceptors (Lipinski definition) is 5. The normalized spacial score (nSPS) is 10.9. The molecular formula is C24H17Cl2NO4. The summed E-state index contributed by atoms with van der Waals surface area (Å²) in [5.41, 5.74) is 2.17. The van der Waals surface area contributed by atoms with Gasteiger partial charge in [-0.25, -0.2) is 4.79 Å². The van der Waals surface area contributed by atoms with Crippen LogP contribution in [-0.2, 0) is 0 Å². The van der Waals surface area contributed by atoms with Gasteiger partial charge in [-0.2, -0.15) is 5.26 Å². The molecule has 7 heteroatoms. The molecule has 5 nitrogen and oxygen atoms in total. The fourth-order valence-electron chi connectivity index (χ4n) is 2.76. The summed E-state index contributed by atoms with van der Waals surface area (Å²) in [6.07, 6.45) is 1.72. The molecule has 0 saturated heterocycles. The van der Waals surface area contributed by atoms with Crippen LogP contribution in [0.2, 0.25) is 10.0 Å². The van der Waals surface area contributed by atoms with E-state index >= 15 is 0 Å². The predicted molar refractivity (Wildman–Crippen MR) is 121 cm³/mol. The fourth-order valence-corrected chi connectivity index (χ4v) is 3.06. The molecule has 3 aromatic carbocycles. The van der Waals surface area contributed by atoms with Crippen molar-refractivity contribution in [3.8, 4) is 23.3 Å². The highest BCUT2D eigenvalue weighted by Gasteiger charge is 2.14. The van der Waals surface area contributed by atoms with E-state index in [0.717, 1.165) is 5.56 Å². The molecule has 0 fully saturated rings. The Balaban J connectivity index is 1.86. The number of hydrogen-bond donors (Lipinski definition) is 0. The van der Waals surface area contributed by atoms with Crippen LogP contribution in [-0.4, -0.2) is 20.2 Å². The fraction of sp³-hybridized carbons (Fsp3) is 0.0833.